The van der Waals surface area contributed by atoms with Crippen LogP contribution in [0.2, 0.25) is 0 Å². The first-order valence-corrected chi connectivity index (χ1v) is 12.8. The zero-order valence-corrected chi connectivity index (χ0v) is 25.1. The van der Waals surface area contributed by atoms with E-state index in [9.17, 15) is 10.2 Å². The Labute approximate surface area is 232 Å². The van der Waals surface area contributed by atoms with Gasteiger partial charge in [0.2, 0.25) is 0 Å². The number of quaternary nitrogens is 2. The van der Waals surface area contributed by atoms with Crippen molar-refractivity contribution in [3.63, 3.8) is 0 Å². The maximum Gasteiger partial charge on any atom is 0.129 e. The molecule has 2 spiro atoms. The Kier molecular flexibility index (Phi) is 11.0. The van der Waals surface area contributed by atoms with Gasteiger partial charge in [-0.25, -0.2) is 0 Å². The number of hydrogen-bond acceptors (Lipinski definition) is 2. The molecule has 28 heavy (non-hydrogen) atoms. The van der Waals surface area contributed by atoms with Gasteiger partial charge in [0.25, 0.3) is 0 Å². The average Bonchev–Trinajstić information content (AvgIpc) is 3.03. The molecule has 0 aliphatic carbocycles. The largest absolute Gasteiger partial charge is 1.00 e. The van der Waals surface area contributed by atoms with E-state index in [1.54, 1.807) is 0 Å². The first-order valence-electron chi connectivity index (χ1n) is 9.78. The first kappa shape index (κ1) is 28.3. The van der Waals surface area contributed by atoms with Crippen molar-refractivity contribution >= 4 is 45.2 Å². The van der Waals surface area contributed by atoms with Crippen molar-refractivity contribution in [2.45, 2.75) is 49.0 Å². The summed E-state index contributed by atoms with van der Waals surface area (Å²) >= 11 is 5.01. The fourth-order valence-corrected chi connectivity index (χ4v) is 8.42. The third kappa shape index (κ3) is 5.41. The van der Waals surface area contributed by atoms with E-state index >= 15 is 0 Å². The van der Waals surface area contributed by atoms with Gasteiger partial charge in [0.05, 0.1) is 8.86 Å². The van der Waals surface area contributed by atoms with Crippen LogP contribution in [0.15, 0.2) is 25.3 Å². The van der Waals surface area contributed by atoms with Crippen molar-refractivity contribution in [1.29, 1.82) is 0 Å². The Morgan fingerprint density at radius 1 is 0.786 bits per heavy atom. The number of piperazine rings is 1. The van der Waals surface area contributed by atoms with Crippen LogP contribution in [0.5, 0.6) is 0 Å². The van der Waals surface area contributed by atoms with Crippen LogP contribution in [0, 0.1) is 0 Å². The lowest BCUT2D eigenvalue weighted by atomic mass is 9.97. The molecule has 3 fully saturated rings. The molecule has 3 rings (SSSR count). The van der Waals surface area contributed by atoms with Gasteiger partial charge in [-0.2, -0.15) is 0 Å². The molecule has 0 saturated carbocycles. The van der Waals surface area contributed by atoms with Crippen LogP contribution in [0.25, 0.3) is 0 Å². The molecule has 4 atom stereocenters. The summed E-state index contributed by atoms with van der Waals surface area (Å²) in [7, 11) is 0. The number of nitrogens with zero attached hydrogens (tertiary/aromatic N) is 2. The van der Waals surface area contributed by atoms with Gasteiger partial charge in [0, 0.05) is 12.8 Å². The molecule has 8 heteroatoms. The number of hydrogen-bond donors (Lipinski definition) is 2. The molecule has 0 aromatic carbocycles. The molecule has 3 aliphatic heterocycles. The lowest BCUT2D eigenvalue weighted by Crippen LogP contribution is -3.00. The van der Waals surface area contributed by atoms with Gasteiger partial charge < -0.3 is 67.1 Å². The van der Waals surface area contributed by atoms with Gasteiger partial charge in [-0.3, -0.25) is 0 Å². The number of alkyl halides is 2. The van der Waals surface area contributed by atoms with Crippen LogP contribution in [0.4, 0.5) is 0 Å². The molecule has 0 bridgehead atoms. The van der Waals surface area contributed by atoms with E-state index < -0.39 is 11.2 Å². The van der Waals surface area contributed by atoms with Crippen LogP contribution in [0.1, 0.15) is 25.7 Å². The van der Waals surface area contributed by atoms with Crippen molar-refractivity contribution in [3.05, 3.63) is 25.3 Å². The second-order valence-corrected chi connectivity index (χ2v) is 10.9. The van der Waals surface area contributed by atoms with E-state index in [2.05, 4.69) is 58.3 Å². The van der Waals surface area contributed by atoms with Crippen molar-refractivity contribution in [1.82, 2.24) is 0 Å². The average molecular weight is 842 g/mol. The zero-order chi connectivity index (χ0) is 19.1. The molecule has 0 aromatic heterocycles. The monoisotopic (exact) mass is 842 g/mol. The van der Waals surface area contributed by atoms with E-state index in [4.69, 9.17) is 0 Å². The molecular formula is C20H34I4N2O2. The highest BCUT2D eigenvalue weighted by Crippen LogP contribution is 2.44. The molecule has 3 saturated heterocycles. The molecular weight excluding hydrogens is 808 g/mol. The van der Waals surface area contributed by atoms with Crippen LogP contribution < -0.4 is 48.0 Å². The van der Waals surface area contributed by atoms with Crippen LogP contribution in [-0.2, 0) is 0 Å². The highest BCUT2D eigenvalue weighted by atomic mass is 127. The van der Waals surface area contributed by atoms with Gasteiger partial charge in [-0.05, 0) is 12.8 Å². The Morgan fingerprint density at radius 2 is 1.11 bits per heavy atom. The Bertz CT molecular complexity index is 508. The highest BCUT2D eigenvalue weighted by Gasteiger charge is 2.61. The maximum atomic E-state index is 11.1. The smallest absolute Gasteiger partial charge is 0.129 e. The SMILES string of the molecule is C=CCC1(O)CC(CI)[N+]2(CC[N+]3(CC2)CC(O)(CC=C)CC3CI)C1.[I-].[I-]. The molecule has 4 nitrogen and oxygen atoms in total. The number of halogens is 4. The van der Waals surface area contributed by atoms with Crippen molar-refractivity contribution < 1.29 is 67.1 Å². The Balaban J connectivity index is 0.00000196. The number of rotatable bonds is 6. The molecule has 2 N–H and O–H groups in total. The Hall–Kier alpha value is 2.24. The van der Waals surface area contributed by atoms with Crippen LogP contribution in [0.3, 0.4) is 0 Å². The number of aliphatic hydroxyl groups is 2. The maximum absolute atomic E-state index is 11.1. The first-order chi connectivity index (χ1) is 12.3. The van der Waals surface area contributed by atoms with Crippen LogP contribution in [-0.4, -0.2) is 90.6 Å². The lowest BCUT2D eigenvalue weighted by Gasteiger charge is -2.51. The van der Waals surface area contributed by atoms with Crippen molar-refractivity contribution in [3.8, 4) is 0 Å². The van der Waals surface area contributed by atoms with E-state index in [0.29, 0.717) is 24.9 Å². The highest BCUT2D eigenvalue weighted by molar-refractivity contribution is 14.1. The molecule has 0 aromatic rings. The third-order valence-electron chi connectivity index (χ3n) is 7.38. The minimum absolute atomic E-state index is 0. The normalized spacial score (nSPS) is 44.9. The van der Waals surface area contributed by atoms with Crippen LogP contribution >= 0.6 is 45.2 Å². The Morgan fingerprint density at radius 3 is 1.36 bits per heavy atom. The molecule has 0 radical (unpaired) electrons. The zero-order valence-electron chi connectivity index (χ0n) is 16.5. The van der Waals surface area contributed by atoms with Gasteiger partial charge >= 0.3 is 0 Å². The van der Waals surface area contributed by atoms with Crippen molar-refractivity contribution in [2.75, 3.05) is 48.1 Å². The topological polar surface area (TPSA) is 40.5 Å². The summed E-state index contributed by atoms with van der Waals surface area (Å²) < 4.78 is 4.35. The van der Waals surface area contributed by atoms with E-state index in [1.165, 1.54) is 0 Å². The van der Waals surface area contributed by atoms with Gasteiger partial charge in [0.1, 0.15) is 62.6 Å². The predicted molar refractivity (Wildman–Crippen MR) is 124 cm³/mol. The molecule has 164 valence electrons. The molecule has 0 amide bonds. The lowest BCUT2D eigenvalue weighted by molar-refractivity contribution is -1.04. The van der Waals surface area contributed by atoms with Gasteiger partial charge in [-0.1, -0.05) is 57.3 Å². The minimum atomic E-state index is -0.572. The molecule has 3 aliphatic rings. The second-order valence-electron chi connectivity index (χ2n) is 9.11. The fraction of sp³-hybridized carbons (Fsp3) is 0.800. The predicted octanol–water partition coefficient (Wildman–Crippen LogP) is -3.33. The van der Waals surface area contributed by atoms with Crippen molar-refractivity contribution in [2.24, 2.45) is 0 Å². The molecule has 4 unspecified atom stereocenters. The molecule has 3 heterocycles. The fourth-order valence-electron chi connectivity index (χ4n) is 6.13. The summed E-state index contributed by atoms with van der Waals surface area (Å²) in [5.41, 5.74) is -1.14. The summed E-state index contributed by atoms with van der Waals surface area (Å²) in [6.07, 6.45) is 6.97. The summed E-state index contributed by atoms with van der Waals surface area (Å²) in [5.74, 6) is 0. The second kappa shape index (κ2) is 10.9. The summed E-state index contributed by atoms with van der Waals surface area (Å²) in [6.45, 7) is 14.0. The summed E-state index contributed by atoms with van der Waals surface area (Å²) in [4.78, 5) is 0. The van der Waals surface area contributed by atoms with Gasteiger partial charge in [-0.15, -0.1) is 13.2 Å². The quantitative estimate of drug-likeness (QED) is 0.128. The minimum Gasteiger partial charge on any atom is -1.00 e. The van der Waals surface area contributed by atoms with Gasteiger partial charge in [0.15, 0.2) is 0 Å². The standard InChI is InChI=1S/C20H34I2N2O2.2HI/c1-3-5-19(25)11-17(13-21)23(15-19)7-9-24(10-8-23)16-20(26,6-4-2)12-18(24)14-22;;/h3-4,17-18,25-26H,1-2,5-16H2;2*1H/q+2;;/p-2. The van der Waals surface area contributed by atoms with E-state index in [1.807, 2.05) is 12.2 Å². The summed E-state index contributed by atoms with van der Waals surface area (Å²) in [5, 5.41) is 22.1. The summed E-state index contributed by atoms with van der Waals surface area (Å²) in [6, 6.07) is 1.10. The third-order valence-corrected chi connectivity index (χ3v) is 9.42. The van der Waals surface area contributed by atoms with E-state index in [0.717, 1.165) is 69.9 Å². The van der Waals surface area contributed by atoms with E-state index in [-0.39, 0.29) is 48.0 Å².